The van der Waals surface area contributed by atoms with Crippen molar-refractivity contribution in [3.8, 4) is 17.2 Å². The normalized spacial score (nSPS) is 15.1. The van der Waals surface area contributed by atoms with Crippen molar-refractivity contribution in [1.29, 1.82) is 0 Å². The van der Waals surface area contributed by atoms with Crippen molar-refractivity contribution in [1.82, 2.24) is 0 Å². The van der Waals surface area contributed by atoms with E-state index in [0.29, 0.717) is 22.7 Å². The Morgan fingerprint density at radius 3 is 2.31 bits per heavy atom. The lowest BCUT2D eigenvalue weighted by atomic mass is 10.0. The second kappa shape index (κ2) is 8.10. The Hall–Kier alpha value is -3.74. The topological polar surface area (TPSA) is 85.3 Å². The molecule has 1 amide bonds. The minimum absolute atomic E-state index is 0.119. The molecule has 2 aromatic rings. The van der Waals surface area contributed by atoms with Crippen LogP contribution in [0.2, 0.25) is 0 Å². The average Bonchev–Trinajstić information content (AvgIpc) is 2.98. The zero-order chi connectivity index (χ0) is 21.1. The summed E-state index contributed by atoms with van der Waals surface area (Å²) in [7, 11) is 4.24. The first-order chi connectivity index (χ1) is 13.9. The van der Waals surface area contributed by atoms with Crippen molar-refractivity contribution in [2.45, 2.75) is 6.92 Å². The van der Waals surface area contributed by atoms with Gasteiger partial charge in [-0.25, -0.2) is 4.79 Å². The number of hydrogen-bond donors (Lipinski definition) is 1. The summed E-state index contributed by atoms with van der Waals surface area (Å²) in [5.74, 6) is -0.264. The predicted molar refractivity (Wildman–Crippen MR) is 108 cm³/mol. The number of carbonyl (C=O) groups excluding carboxylic acids is 2. The van der Waals surface area contributed by atoms with Crippen molar-refractivity contribution in [3.63, 3.8) is 0 Å². The van der Waals surface area contributed by atoms with E-state index in [1.807, 2.05) is 0 Å². The third-order valence-electron chi connectivity index (χ3n) is 4.67. The lowest BCUT2D eigenvalue weighted by Gasteiger charge is -2.18. The quantitative estimate of drug-likeness (QED) is 0.618. The second-order valence-corrected chi connectivity index (χ2v) is 6.25. The molecule has 7 heteroatoms. The number of ether oxygens (including phenoxy) is 3. The van der Waals surface area contributed by atoms with Gasteiger partial charge in [0.2, 0.25) is 0 Å². The Kier molecular flexibility index (Phi) is 5.59. The molecule has 0 fully saturated rings. The Morgan fingerprint density at radius 1 is 1.03 bits per heavy atom. The summed E-state index contributed by atoms with van der Waals surface area (Å²) in [6.07, 6.45) is 1.46. The highest BCUT2D eigenvalue weighted by atomic mass is 16.5. The number of para-hydroxylation sites is 1. The minimum Gasteiger partial charge on any atom is -0.504 e. The first kappa shape index (κ1) is 20.0. The van der Waals surface area contributed by atoms with Gasteiger partial charge in [-0.15, -0.1) is 0 Å². The molecule has 2 aromatic carbocycles. The number of rotatable bonds is 5. The molecule has 0 radical (unpaired) electrons. The summed E-state index contributed by atoms with van der Waals surface area (Å²) in [5.41, 5.74) is 1.61. The van der Waals surface area contributed by atoms with Gasteiger partial charge in [0.25, 0.3) is 5.91 Å². The van der Waals surface area contributed by atoms with Gasteiger partial charge in [-0.1, -0.05) is 12.1 Å². The van der Waals surface area contributed by atoms with Crippen LogP contribution < -0.4 is 14.4 Å². The van der Waals surface area contributed by atoms with Gasteiger partial charge in [0, 0.05) is 16.9 Å². The Bertz CT molecular complexity index is 1020. The number of amides is 1. The van der Waals surface area contributed by atoms with Crippen LogP contribution in [0.15, 0.2) is 59.3 Å². The molecule has 0 bridgehead atoms. The molecule has 0 saturated carbocycles. The van der Waals surface area contributed by atoms with E-state index in [2.05, 4.69) is 0 Å². The van der Waals surface area contributed by atoms with Crippen molar-refractivity contribution in [2.24, 2.45) is 0 Å². The minimum atomic E-state index is -0.638. The molecule has 150 valence electrons. The SMILES string of the molecule is COC(=O)C1=C(C)N(c2ccc(OC)cc2)C(=O)C1=Cc1cccc(OC)c1O. The van der Waals surface area contributed by atoms with Crippen LogP contribution in [0.4, 0.5) is 5.69 Å². The van der Waals surface area contributed by atoms with Gasteiger partial charge in [-0.3, -0.25) is 9.69 Å². The number of hydrogen-bond acceptors (Lipinski definition) is 6. The number of aromatic hydroxyl groups is 1. The Labute approximate surface area is 168 Å². The van der Waals surface area contributed by atoms with Crippen molar-refractivity contribution >= 4 is 23.6 Å². The van der Waals surface area contributed by atoms with Crippen LogP contribution in [0, 0.1) is 0 Å². The standard InChI is InChI=1S/C22H21NO6/c1-13-19(22(26)29-4)17(12-14-6-5-7-18(28-3)20(14)24)21(25)23(13)15-8-10-16(27-2)11-9-15/h5-12,24H,1-4H3. The zero-order valence-electron chi connectivity index (χ0n) is 16.6. The fourth-order valence-electron chi connectivity index (χ4n) is 3.20. The number of benzene rings is 2. The maximum Gasteiger partial charge on any atom is 0.340 e. The van der Waals surface area contributed by atoms with Crippen molar-refractivity contribution < 1.29 is 28.9 Å². The molecule has 0 aromatic heterocycles. The number of anilines is 1. The van der Waals surface area contributed by atoms with Gasteiger partial charge in [0.15, 0.2) is 11.5 Å². The van der Waals surface area contributed by atoms with Crippen molar-refractivity contribution in [2.75, 3.05) is 26.2 Å². The van der Waals surface area contributed by atoms with Crippen LogP contribution in [0.3, 0.4) is 0 Å². The van der Waals surface area contributed by atoms with E-state index in [1.54, 1.807) is 56.5 Å². The van der Waals surface area contributed by atoms with Gasteiger partial charge in [-0.05, 0) is 43.3 Å². The summed E-state index contributed by atoms with van der Waals surface area (Å²) < 4.78 is 15.2. The fourth-order valence-corrected chi connectivity index (χ4v) is 3.20. The van der Waals surface area contributed by atoms with Gasteiger partial charge in [-0.2, -0.15) is 0 Å². The zero-order valence-corrected chi connectivity index (χ0v) is 16.6. The van der Waals surface area contributed by atoms with Gasteiger partial charge < -0.3 is 19.3 Å². The van der Waals surface area contributed by atoms with Crippen LogP contribution in [0.1, 0.15) is 12.5 Å². The molecule has 3 rings (SSSR count). The average molecular weight is 395 g/mol. The van der Waals surface area contributed by atoms with Crippen LogP contribution in [0.5, 0.6) is 17.2 Å². The Morgan fingerprint density at radius 2 is 1.72 bits per heavy atom. The summed E-state index contributed by atoms with van der Waals surface area (Å²) in [6, 6.07) is 11.8. The molecule has 0 aliphatic carbocycles. The number of nitrogens with zero attached hydrogens (tertiary/aromatic N) is 1. The molecule has 1 aliphatic heterocycles. The number of methoxy groups -OCH3 is 3. The molecular formula is C22H21NO6. The fraction of sp³-hybridized carbons (Fsp3) is 0.182. The number of allylic oxidation sites excluding steroid dienone is 1. The highest BCUT2D eigenvalue weighted by Gasteiger charge is 2.38. The molecule has 1 N–H and O–H groups in total. The highest BCUT2D eigenvalue weighted by Crippen LogP contribution is 2.38. The lowest BCUT2D eigenvalue weighted by molar-refractivity contribution is -0.136. The van der Waals surface area contributed by atoms with Gasteiger partial charge in [0.1, 0.15) is 5.75 Å². The number of phenolic OH excluding ortho intramolecular Hbond substituents is 1. The van der Waals surface area contributed by atoms with Crippen LogP contribution in [-0.2, 0) is 14.3 Å². The number of esters is 1. The molecule has 0 unspecified atom stereocenters. The Balaban J connectivity index is 2.14. The number of phenols is 1. The monoisotopic (exact) mass is 395 g/mol. The smallest absolute Gasteiger partial charge is 0.340 e. The van der Waals surface area contributed by atoms with Crippen LogP contribution in [-0.4, -0.2) is 38.3 Å². The van der Waals surface area contributed by atoms with E-state index in [1.165, 1.54) is 25.2 Å². The predicted octanol–water partition coefficient (Wildman–Crippen LogP) is 3.29. The largest absolute Gasteiger partial charge is 0.504 e. The third-order valence-corrected chi connectivity index (χ3v) is 4.67. The summed E-state index contributed by atoms with van der Waals surface area (Å²) in [6.45, 7) is 1.67. The van der Waals surface area contributed by atoms with E-state index in [9.17, 15) is 14.7 Å². The van der Waals surface area contributed by atoms with E-state index < -0.39 is 11.9 Å². The summed E-state index contributed by atoms with van der Waals surface area (Å²) in [5, 5.41) is 10.4. The molecule has 0 atom stereocenters. The molecule has 1 aliphatic rings. The molecule has 0 spiro atoms. The first-order valence-corrected chi connectivity index (χ1v) is 8.78. The molecule has 0 saturated heterocycles. The number of carbonyl (C=O) groups is 2. The summed E-state index contributed by atoms with van der Waals surface area (Å²) in [4.78, 5) is 27.1. The maximum absolute atomic E-state index is 13.2. The first-order valence-electron chi connectivity index (χ1n) is 8.78. The van der Waals surface area contributed by atoms with Gasteiger partial charge >= 0.3 is 5.97 Å². The molecule has 7 nitrogen and oxygen atoms in total. The van der Waals surface area contributed by atoms with E-state index >= 15 is 0 Å². The van der Waals surface area contributed by atoms with Crippen LogP contribution in [0.25, 0.3) is 6.08 Å². The van der Waals surface area contributed by atoms with E-state index in [0.717, 1.165) is 0 Å². The third kappa shape index (κ3) is 3.54. The molecule has 1 heterocycles. The van der Waals surface area contributed by atoms with Crippen molar-refractivity contribution in [3.05, 3.63) is 64.9 Å². The lowest BCUT2D eigenvalue weighted by Crippen LogP contribution is -2.24. The summed E-state index contributed by atoms with van der Waals surface area (Å²) >= 11 is 0. The second-order valence-electron chi connectivity index (χ2n) is 6.25. The maximum atomic E-state index is 13.2. The van der Waals surface area contributed by atoms with Crippen LogP contribution >= 0.6 is 0 Å². The van der Waals surface area contributed by atoms with Gasteiger partial charge in [0.05, 0.1) is 32.5 Å². The van der Waals surface area contributed by atoms with E-state index in [4.69, 9.17) is 14.2 Å². The highest BCUT2D eigenvalue weighted by molar-refractivity contribution is 6.24. The molecular weight excluding hydrogens is 374 g/mol. The van der Waals surface area contributed by atoms with E-state index in [-0.39, 0.29) is 22.6 Å². The molecule has 29 heavy (non-hydrogen) atoms.